The van der Waals surface area contributed by atoms with Crippen LogP contribution in [0.1, 0.15) is 32.6 Å². The van der Waals surface area contributed by atoms with E-state index in [2.05, 4.69) is 21.9 Å². The topological polar surface area (TPSA) is 71.1 Å². The number of nitrogens with one attached hydrogen (secondary N) is 2. The largest absolute Gasteiger partial charge is 0.373 e. The molecule has 20 heavy (non-hydrogen) atoms. The first-order chi connectivity index (χ1) is 9.51. The predicted octanol–water partition coefficient (Wildman–Crippen LogP) is 2.23. The van der Waals surface area contributed by atoms with E-state index in [-0.39, 0.29) is 4.90 Å². The Morgan fingerprint density at radius 2 is 2.00 bits per heavy atom. The van der Waals surface area contributed by atoms with Gasteiger partial charge in [0.15, 0.2) is 0 Å². The average molecular weight is 297 g/mol. The van der Waals surface area contributed by atoms with Gasteiger partial charge in [0.1, 0.15) is 5.82 Å². The summed E-state index contributed by atoms with van der Waals surface area (Å²) in [7, 11) is -1.72. The lowest BCUT2D eigenvalue weighted by atomic mass is 9.83. The molecule has 0 saturated heterocycles. The highest BCUT2D eigenvalue weighted by Gasteiger charge is 2.21. The van der Waals surface area contributed by atoms with E-state index in [0.717, 1.165) is 18.8 Å². The zero-order valence-electron chi connectivity index (χ0n) is 12.1. The van der Waals surface area contributed by atoms with E-state index >= 15 is 0 Å². The summed E-state index contributed by atoms with van der Waals surface area (Å²) in [5.41, 5.74) is 0. The van der Waals surface area contributed by atoms with E-state index in [1.54, 1.807) is 13.1 Å². The lowest BCUT2D eigenvalue weighted by molar-refractivity contribution is 0.290. The highest BCUT2D eigenvalue weighted by molar-refractivity contribution is 7.89. The second kappa shape index (κ2) is 6.54. The van der Waals surface area contributed by atoms with Crippen molar-refractivity contribution < 1.29 is 8.42 Å². The van der Waals surface area contributed by atoms with Crippen LogP contribution in [0.15, 0.2) is 23.2 Å². The second-order valence-corrected chi connectivity index (χ2v) is 7.37. The fourth-order valence-corrected chi connectivity index (χ4v) is 3.69. The first-order valence-electron chi connectivity index (χ1n) is 7.14. The van der Waals surface area contributed by atoms with E-state index in [1.165, 1.54) is 25.1 Å². The molecule has 1 fully saturated rings. The first kappa shape index (κ1) is 15.3. The fourth-order valence-electron chi connectivity index (χ4n) is 2.56. The van der Waals surface area contributed by atoms with Crippen molar-refractivity contribution in [3.8, 4) is 0 Å². The first-order valence-corrected chi connectivity index (χ1v) is 8.63. The van der Waals surface area contributed by atoms with Gasteiger partial charge in [-0.15, -0.1) is 0 Å². The molecule has 2 rings (SSSR count). The summed E-state index contributed by atoms with van der Waals surface area (Å²) in [6.45, 7) is 2.79. The maximum absolute atomic E-state index is 12.2. The number of anilines is 1. The molecule has 0 bridgehead atoms. The molecule has 6 heteroatoms. The summed E-state index contributed by atoms with van der Waals surface area (Å²) in [6.07, 6.45) is 6.13. The maximum atomic E-state index is 12.2. The van der Waals surface area contributed by atoms with Gasteiger partial charge in [0.05, 0.1) is 4.90 Å². The lowest BCUT2D eigenvalue weighted by Gasteiger charge is -2.26. The molecule has 2 N–H and O–H groups in total. The van der Waals surface area contributed by atoms with Gasteiger partial charge in [-0.05, 0) is 30.7 Å². The van der Waals surface area contributed by atoms with Crippen molar-refractivity contribution in [2.24, 2.45) is 11.8 Å². The lowest BCUT2D eigenvalue weighted by Crippen LogP contribution is -2.31. The van der Waals surface area contributed by atoms with Crippen LogP contribution in [0, 0.1) is 11.8 Å². The molecule has 112 valence electrons. The van der Waals surface area contributed by atoms with Gasteiger partial charge in [-0.1, -0.05) is 19.8 Å². The Hall–Kier alpha value is -1.14. The number of nitrogens with zero attached hydrogens (tertiary/aromatic N) is 1. The van der Waals surface area contributed by atoms with Gasteiger partial charge in [0.25, 0.3) is 0 Å². The highest BCUT2D eigenvalue weighted by atomic mass is 32.2. The van der Waals surface area contributed by atoms with E-state index in [0.29, 0.717) is 18.3 Å². The predicted molar refractivity (Wildman–Crippen MR) is 80.1 cm³/mol. The SMILES string of the molecule is CNc1cc(S(=O)(=O)NCC2CCC(C)CC2)ccn1. The molecule has 5 nitrogen and oxygen atoms in total. The minimum absolute atomic E-state index is 0.265. The molecule has 1 aliphatic rings. The van der Waals surface area contributed by atoms with E-state index < -0.39 is 10.0 Å². The molecule has 0 atom stereocenters. The third-order valence-corrected chi connectivity index (χ3v) is 5.42. The molecule has 0 spiro atoms. The van der Waals surface area contributed by atoms with Crippen LogP contribution in [0.4, 0.5) is 5.82 Å². The summed E-state index contributed by atoms with van der Waals surface area (Å²) in [5.74, 6) is 1.80. The molecule has 1 aromatic rings. The van der Waals surface area contributed by atoms with Gasteiger partial charge in [-0.25, -0.2) is 18.1 Å². The van der Waals surface area contributed by atoms with Crippen molar-refractivity contribution in [2.45, 2.75) is 37.5 Å². The van der Waals surface area contributed by atoms with Crippen molar-refractivity contribution in [1.29, 1.82) is 0 Å². The minimum atomic E-state index is -3.44. The van der Waals surface area contributed by atoms with Crippen LogP contribution in [0.5, 0.6) is 0 Å². The van der Waals surface area contributed by atoms with Gasteiger partial charge in [0, 0.05) is 25.9 Å². The van der Waals surface area contributed by atoms with E-state index in [1.807, 2.05) is 0 Å². The molecule has 0 radical (unpaired) electrons. The fraction of sp³-hybridized carbons (Fsp3) is 0.643. The van der Waals surface area contributed by atoms with Gasteiger partial charge in [-0.2, -0.15) is 0 Å². The molecular formula is C14H23N3O2S. The van der Waals surface area contributed by atoms with Crippen LogP contribution in [-0.2, 0) is 10.0 Å². The molecule has 1 aromatic heterocycles. The number of hydrogen-bond acceptors (Lipinski definition) is 4. The van der Waals surface area contributed by atoms with Crippen LogP contribution in [0.3, 0.4) is 0 Å². The van der Waals surface area contributed by atoms with Crippen LogP contribution in [0.25, 0.3) is 0 Å². The quantitative estimate of drug-likeness (QED) is 0.874. The van der Waals surface area contributed by atoms with Gasteiger partial charge in [0.2, 0.25) is 10.0 Å². The Morgan fingerprint density at radius 1 is 1.30 bits per heavy atom. The summed E-state index contributed by atoms with van der Waals surface area (Å²) < 4.78 is 27.2. The Morgan fingerprint density at radius 3 is 2.65 bits per heavy atom. The van der Waals surface area contributed by atoms with Crippen LogP contribution in [-0.4, -0.2) is 27.0 Å². The number of rotatable bonds is 5. The Bertz CT molecular complexity index is 537. The summed E-state index contributed by atoms with van der Waals surface area (Å²) in [5, 5.41) is 2.85. The molecule has 0 amide bonds. The third kappa shape index (κ3) is 3.93. The van der Waals surface area contributed by atoms with Crippen LogP contribution < -0.4 is 10.0 Å². The normalized spacial score (nSPS) is 23.5. The molecule has 1 aliphatic carbocycles. The Kier molecular flexibility index (Phi) is 4.99. The molecule has 1 saturated carbocycles. The standard InChI is InChI=1S/C14H23N3O2S/c1-11-3-5-12(6-4-11)10-17-20(18,19)13-7-8-16-14(9-13)15-2/h7-9,11-12,17H,3-6,10H2,1-2H3,(H,15,16). The van der Waals surface area contributed by atoms with Crippen molar-refractivity contribution in [1.82, 2.24) is 9.71 Å². The zero-order chi connectivity index (χ0) is 14.6. The Balaban J connectivity index is 1.96. The number of hydrogen-bond donors (Lipinski definition) is 2. The second-order valence-electron chi connectivity index (χ2n) is 5.60. The van der Waals surface area contributed by atoms with Crippen LogP contribution in [0.2, 0.25) is 0 Å². The number of sulfonamides is 1. The monoisotopic (exact) mass is 297 g/mol. The van der Waals surface area contributed by atoms with Crippen molar-refractivity contribution in [2.75, 3.05) is 18.9 Å². The minimum Gasteiger partial charge on any atom is -0.373 e. The van der Waals surface area contributed by atoms with Crippen molar-refractivity contribution >= 4 is 15.8 Å². The van der Waals surface area contributed by atoms with E-state index in [4.69, 9.17) is 0 Å². The molecule has 1 heterocycles. The van der Waals surface area contributed by atoms with Gasteiger partial charge < -0.3 is 5.32 Å². The summed E-state index contributed by atoms with van der Waals surface area (Å²) in [6, 6.07) is 3.07. The van der Waals surface area contributed by atoms with Crippen LogP contribution >= 0.6 is 0 Å². The number of aromatic nitrogens is 1. The van der Waals surface area contributed by atoms with Crippen molar-refractivity contribution in [3.05, 3.63) is 18.3 Å². The summed E-state index contributed by atoms with van der Waals surface area (Å²) >= 11 is 0. The molecule has 0 aliphatic heterocycles. The highest BCUT2D eigenvalue weighted by Crippen LogP contribution is 2.28. The van der Waals surface area contributed by atoms with E-state index in [9.17, 15) is 8.42 Å². The zero-order valence-corrected chi connectivity index (χ0v) is 12.9. The third-order valence-electron chi connectivity index (χ3n) is 4.00. The number of pyridine rings is 1. The summed E-state index contributed by atoms with van der Waals surface area (Å²) in [4.78, 5) is 4.29. The smallest absolute Gasteiger partial charge is 0.240 e. The molecule has 0 aromatic carbocycles. The molecule has 0 unspecified atom stereocenters. The van der Waals surface area contributed by atoms with Gasteiger partial charge >= 0.3 is 0 Å². The van der Waals surface area contributed by atoms with Gasteiger partial charge in [-0.3, -0.25) is 0 Å². The maximum Gasteiger partial charge on any atom is 0.240 e. The Labute approximate surface area is 121 Å². The molecular weight excluding hydrogens is 274 g/mol. The average Bonchev–Trinajstić information content (AvgIpc) is 2.47. The van der Waals surface area contributed by atoms with Crippen molar-refractivity contribution in [3.63, 3.8) is 0 Å².